The maximum absolute atomic E-state index is 13.8. The van der Waals surface area contributed by atoms with Crippen molar-refractivity contribution in [2.24, 2.45) is 11.8 Å². The first-order chi connectivity index (χ1) is 12.5. The molecule has 1 nitrogen and oxygen atoms in total. The number of rotatable bonds is 6. The average Bonchev–Trinajstić information content (AvgIpc) is 2.65. The molecule has 1 aromatic carbocycles. The number of carbonyl (C=O) groups is 1. The largest absolute Gasteiger partial charge is 0.300 e. The quantitative estimate of drug-likeness (QED) is 0.505. The van der Waals surface area contributed by atoms with Gasteiger partial charge >= 0.3 is 0 Å². The molecule has 0 aromatic heterocycles. The van der Waals surface area contributed by atoms with Crippen LogP contribution >= 0.6 is 0 Å². The van der Waals surface area contributed by atoms with Crippen LogP contribution in [0.1, 0.15) is 94.1 Å². The summed E-state index contributed by atoms with van der Waals surface area (Å²) in [5.74, 6) is 1.49. The summed E-state index contributed by atoms with van der Waals surface area (Å²) in [5.41, 5.74) is 0.973. The van der Waals surface area contributed by atoms with E-state index in [4.69, 9.17) is 0 Å². The van der Waals surface area contributed by atoms with Crippen molar-refractivity contribution in [2.45, 2.75) is 89.9 Å². The van der Waals surface area contributed by atoms with Gasteiger partial charge in [-0.2, -0.15) is 0 Å². The third-order valence-electron chi connectivity index (χ3n) is 6.76. The van der Waals surface area contributed by atoms with Crippen LogP contribution in [0.4, 0.5) is 8.78 Å². The Kier molecular flexibility index (Phi) is 6.83. The minimum atomic E-state index is -0.411. The first-order valence-electron chi connectivity index (χ1n) is 10.5. The molecule has 0 amide bonds. The van der Waals surface area contributed by atoms with E-state index in [9.17, 15) is 13.6 Å². The number of halogens is 2. The molecule has 1 aromatic rings. The summed E-state index contributed by atoms with van der Waals surface area (Å²) in [6.45, 7) is 1.50. The van der Waals surface area contributed by atoms with Gasteiger partial charge in [0.05, 0.1) is 0 Å². The van der Waals surface area contributed by atoms with Gasteiger partial charge in [0.2, 0.25) is 0 Å². The highest BCUT2D eigenvalue weighted by Gasteiger charge is 2.24. The predicted octanol–water partition coefficient (Wildman–Crippen LogP) is 6.87. The predicted molar refractivity (Wildman–Crippen MR) is 101 cm³/mol. The van der Waals surface area contributed by atoms with Crippen molar-refractivity contribution < 1.29 is 13.6 Å². The van der Waals surface area contributed by atoms with E-state index in [2.05, 4.69) is 0 Å². The summed E-state index contributed by atoms with van der Waals surface area (Å²) in [6, 6.07) is 3.08. The SMILES string of the molecule is Cc1c(F)cc(C2CCC(CCCCC3CCC(=O)CC3)CC2)cc1F. The molecule has 0 N–H and O–H groups in total. The van der Waals surface area contributed by atoms with Crippen LogP contribution in [0.15, 0.2) is 12.1 Å². The Balaban J connectivity index is 1.36. The van der Waals surface area contributed by atoms with Crippen LogP contribution in [0.5, 0.6) is 0 Å². The molecule has 0 spiro atoms. The topological polar surface area (TPSA) is 17.1 Å². The molecule has 0 bridgehead atoms. The van der Waals surface area contributed by atoms with Crippen LogP contribution in [-0.4, -0.2) is 5.78 Å². The molecule has 2 fully saturated rings. The van der Waals surface area contributed by atoms with Gasteiger partial charge in [0.25, 0.3) is 0 Å². The van der Waals surface area contributed by atoms with E-state index in [1.54, 1.807) is 12.1 Å². The number of Topliss-reactive ketones (excluding diaryl/α,β-unsaturated/α-hetero) is 1. The van der Waals surface area contributed by atoms with E-state index >= 15 is 0 Å². The van der Waals surface area contributed by atoms with E-state index < -0.39 is 11.6 Å². The maximum Gasteiger partial charge on any atom is 0.132 e. The number of hydrogen-bond donors (Lipinski definition) is 0. The number of carbonyl (C=O) groups excluding carboxylic acids is 1. The summed E-state index contributed by atoms with van der Waals surface area (Å²) >= 11 is 0. The lowest BCUT2D eigenvalue weighted by atomic mass is 9.76. The van der Waals surface area contributed by atoms with Crippen molar-refractivity contribution >= 4 is 5.78 Å². The van der Waals surface area contributed by atoms with Crippen molar-refractivity contribution in [3.8, 4) is 0 Å². The van der Waals surface area contributed by atoms with Gasteiger partial charge in [0, 0.05) is 18.4 Å². The van der Waals surface area contributed by atoms with Gasteiger partial charge in [-0.1, -0.05) is 25.7 Å². The van der Waals surface area contributed by atoms with Gasteiger partial charge in [-0.05, 0) is 80.9 Å². The van der Waals surface area contributed by atoms with Crippen molar-refractivity contribution in [3.63, 3.8) is 0 Å². The molecule has 0 heterocycles. The molecule has 2 aliphatic carbocycles. The van der Waals surface area contributed by atoms with Crippen LogP contribution in [-0.2, 0) is 4.79 Å². The Morgan fingerprint density at radius 2 is 1.35 bits per heavy atom. The molecule has 0 unspecified atom stereocenters. The minimum absolute atomic E-state index is 0.129. The second-order valence-corrected chi connectivity index (χ2v) is 8.59. The zero-order valence-corrected chi connectivity index (χ0v) is 16.0. The van der Waals surface area contributed by atoms with Crippen LogP contribution in [0.25, 0.3) is 0 Å². The van der Waals surface area contributed by atoms with Gasteiger partial charge < -0.3 is 0 Å². The molecule has 3 heteroatoms. The van der Waals surface area contributed by atoms with Gasteiger partial charge in [0.15, 0.2) is 0 Å². The summed E-state index contributed by atoms with van der Waals surface area (Å²) < 4.78 is 27.6. The van der Waals surface area contributed by atoms with Gasteiger partial charge in [-0.25, -0.2) is 8.78 Å². The highest BCUT2D eigenvalue weighted by atomic mass is 19.1. The van der Waals surface area contributed by atoms with E-state index in [0.29, 0.717) is 11.7 Å². The summed E-state index contributed by atoms with van der Waals surface area (Å²) in [6.07, 6.45) is 13.4. The Bertz CT molecular complexity index is 584. The Morgan fingerprint density at radius 3 is 1.88 bits per heavy atom. The second-order valence-electron chi connectivity index (χ2n) is 8.59. The van der Waals surface area contributed by atoms with E-state index in [0.717, 1.165) is 55.9 Å². The third-order valence-corrected chi connectivity index (χ3v) is 6.76. The number of hydrogen-bond acceptors (Lipinski definition) is 1. The van der Waals surface area contributed by atoms with Crippen LogP contribution in [0, 0.1) is 30.4 Å². The lowest BCUT2D eigenvalue weighted by Crippen LogP contribution is -2.15. The maximum atomic E-state index is 13.8. The van der Waals surface area contributed by atoms with Crippen LogP contribution < -0.4 is 0 Å². The average molecular weight is 363 g/mol. The molecular weight excluding hydrogens is 330 g/mol. The lowest BCUT2D eigenvalue weighted by molar-refractivity contribution is -0.121. The van der Waals surface area contributed by atoms with Gasteiger partial charge in [-0.15, -0.1) is 0 Å². The zero-order chi connectivity index (χ0) is 18.5. The summed E-state index contributed by atoms with van der Waals surface area (Å²) in [4.78, 5) is 11.3. The van der Waals surface area contributed by atoms with Crippen molar-refractivity contribution in [1.82, 2.24) is 0 Å². The van der Waals surface area contributed by atoms with E-state index in [1.165, 1.54) is 45.4 Å². The van der Waals surface area contributed by atoms with Crippen molar-refractivity contribution in [1.29, 1.82) is 0 Å². The molecule has 0 saturated heterocycles. The summed E-state index contributed by atoms with van der Waals surface area (Å²) in [5, 5.41) is 0. The van der Waals surface area contributed by atoms with Crippen molar-refractivity contribution in [3.05, 3.63) is 34.9 Å². The Labute approximate surface area is 156 Å². The normalized spacial score (nSPS) is 24.8. The van der Waals surface area contributed by atoms with Gasteiger partial charge in [0.1, 0.15) is 17.4 Å². The molecule has 3 rings (SSSR count). The number of unbranched alkanes of at least 4 members (excludes halogenated alkanes) is 1. The highest BCUT2D eigenvalue weighted by Crippen LogP contribution is 2.38. The van der Waals surface area contributed by atoms with Gasteiger partial charge in [-0.3, -0.25) is 4.79 Å². The molecular formula is C23H32F2O. The summed E-state index contributed by atoms with van der Waals surface area (Å²) in [7, 11) is 0. The fourth-order valence-electron chi connectivity index (χ4n) is 4.84. The first kappa shape index (κ1) is 19.5. The zero-order valence-electron chi connectivity index (χ0n) is 16.0. The molecule has 0 radical (unpaired) electrons. The fourth-order valence-corrected chi connectivity index (χ4v) is 4.84. The standard InChI is InChI=1S/C23H32F2O/c1-16-22(24)14-20(15-23(16)25)19-10-6-17(7-11-19)4-2-3-5-18-8-12-21(26)13-9-18/h14-15,17-19H,2-13H2,1H3. The second kappa shape index (κ2) is 9.10. The Hall–Kier alpha value is -1.25. The smallest absolute Gasteiger partial charge is 0.132 e. The monoisotopic (exact) mass is 362 g/mol. The van der Waals surface area contributed by atoms with Crippen LogP contribution in [0.2, 0.25) is 0 Å². The molecule has 26 heavy (non-hydrogen) atoms. The number of benzene rings is 1. The molecule has 2 saturated carbocycles. The minimum Gasteiger partial charge on any atom is -0.300 e. The number of ketones is 1. The molecule has 144 valence electrons. The fraction of sp³-hybridized carbons (Fsp3) is 0.696. The first-order valence-corrected chi connectivity index (χ1v) is 10.5. The van der Waals surface area contributed by atoms with Crippen LogP contribution in [0.3, 0.4) is 0 Å². The molecule has 2 aliphatic rings. The molecule has 0 aliphatic heterocycles. The highest BCUT2D eigenvalue weighted by molar-refractivity contribution is 5.78. The lowest BCUT2D eigenvalue weighted by Gasteiger charge is -2.29. The molecule has 0 atom stereocenters. The Morgan fingerprint density at radius 1 is 0.846 bits per heavy atom. The third kappa shape index (κ3) is 5.14. The van der Waals surface area contributed by atoms with E-state index in [1.807, 2.05) is 0 Å². The van der Waals surface area contributed by atoms with E-state index in [-0.39, 0.29) is 5.56 Å². The van der Waals surface area contributed by atoms with Crippen molar-refractivity contribution in [2.75, 3.05) is 0 Å².